The quantitative estimate of drug-likeness (QED) is 0.375. The summed E-state index contributed by atoms with van der Waals surface area (Å²) in [6, 6.07) is 20.8. The molecule has 40 heavy (non-hydrogen) atoms. The van der Waals surface area contributed by atoms with Gasteiger partial charge in [-0.2, -0.15) is 0 Å². The zero-order valence-corrected chi connectivity index (χ0v) is 23.1. The summed E-state index contributed by atoms with van der Waals surface area (Å²) in [6.07, 6.45) is 2.00. The molecule has 0 aliphatic carbocycles. The first-order valence-corrected chi connectivity index (χ1v) is 13.8. The van der Waals surface area contributed by atoms with Crippen LogP contribution < -0.4 is 30.5 Å². The number of anilines is 4. The summed E-state index contributed by atoms with van der Waals surface area (Å²) in [7, 11) is 1.69. The fourth-order valence-electron chi connectivity index (χ4n) is 5.19. The zero-order valence-electron chi connectivity index (χ0n) is 23.1. The van der Waals surface area contributed by atoms with E-state index in [0.29, 0.717) is 23.5 Å². The molecule has 3 aromatic rings. The van der Waals surface area contributed by atoms with Crippen LogP contribution >= 0.6 is 0 Å². The summed E-state index contributed by atoms with van der Waals surface area (Å²) in [4.78, 5) is 30.7. The number of carbonyl (C=O) groups is 2. The van der Waals surface area contributed by atoms with Crippen molar-refractivity contribution in [2.75, 3.05) is 66.9 Å². The van der Waals surface area contributed by atoms with Crippen LogP contribution in [0.15, 0.2) is 66.7 Å². The average molecular weight is 544 g/mol. The Balaban J connectivity index is 1.31. The average Bonchev–Trinajstić information content (AvgIpc) is 3.51. The van der Waals surface area contributed by atoms with Gasteiger partial charge < -0.3 is 35.2 Å². The van der Waals surface area contributed by atoms with Gasteiger partial charge in [0.15, 0.2) is 0 Å². The van der Waals surface area contributed by atoms with Gasteiger partial charge in [-0.3, -0.25) is 4.79 Å². The van der Waals surface area contributed by atoms with Crippen LogP contribution in [0.4, 0.5) is 27.5 Å². The van der Waals surface area contributed by atoms with Gasteiger partial charge in [0.05, 0.1) is 24.5 Å². The number of aryl methyl sites for hydroxylation is 1. The predicted molar refractivity (Wildman–Crippen MR) is 159 cm³/mol. The largest absolute Gasteiger partial charge is 0.495 e. The lowest BCUT2D eigenvalue weighted by Gasteiger charge is -2.38. The van der Waals surface area contributed by atoms with Crippen LogP contribution in [0.1, 0.15) is 28.8 Å². The second kappa shape index (κ2) is 12.7. The van der Waals surface area contributed by atoms with Gasteiger partial charge in [0.1, 0.15) is 5.75 Å². The van der Waals surface area contributed by atoms with Crippen molar-refractivity contribution in [2.24, 2.45) is 0 Å². The standard InChI is InChI=1S/C31H37N5O4/c1-22-9-11-23(12-10-22)33-31(38)34-24-13-14-27(26(20-24)30(37)32-21-25-6-5-19-40-25)35-15-17-36(18-16-35)28-7-3-4-8-29(28)39-2/h3-4,7-14,20,25H,5-6,15-19,21H2,1-2H3,(H,32,37)(H2,33,34,38). The number of urea groups is 1. The van der Waals surface area contributed by atoms with Crippen LogP contribution in [-0.2, 0) is 4.74 Å². The fraction of sp³-hybridized carbons (Fsp3) is 0.355. The molecule has 9 heteroatoms. The van der Waals surface area contributed by atoms with E-state index in [0.717, 1.165) is 68.3 Å². The van der Waals surface area contributed by atoms with E-state index in [-0.39, 0.29) is 18.0 Å². The van der Waals surface area contributed by atoms with Gasteiger partial charge in [0, 0.05) is 56.4 Å². The molecule has 2 aliphatic rings. The molecule has 0 bridgehead atoms. The topological polar surface area (TPSA) is 95.2 Å². The Hall–Kier alpha value is -4.24. The minimum atomic E-state index is -0.368. The van der Waals surface area contributed by atoms with Gasteiger partial charge in [-0.05, 0) is 62.2 Å². The lowest BCUT2D eigenvalue weighted by atomic mass is 10.1. The Bertz CT molecular complexity index is 1320. The molecule has 2 heterocycles. The van der Waals surface area contributed by atoms with Crippen molar-refractivity contribution in [1.82, 2.24) is 5.32 Å². The molecule has 3 N–H and O–H groups in total. The third-order valence-electron chi connectivity index (χ3n) is 7.37. The Labute approximate surface area is 235 Å². The maximum absolute atomic E-state index is 13.4. The third-order valence-corrected chi connectivity index (χ3v) is 7.37. The van der Waals surface area contributed by atoms with Crippen molar-refractivity contribution in [1.29, 1.82) is 0 Å². The van der Waals surface area contributed by atoms with E-state index in [2.05, 4.69) is 31.8 Å². The number of piperazine rings is 1. The van der Waals surface area contributed by atoms with Crippen LogP contribution in [0.25, 0.3) is 0 Å². The summed E-state index contributed by atoms with van der Waals surface area (Å²) >= 11 is 0. The third kappa shape index (κ3) is 6.66. The lowest BCUT2D eigenvalue weighted by molar-refractivity contribution is 0.0858. The molecule has 9 nitrogen and oxygen atoms in total. The molecule has 5 rings (SSSR count). The minimum Gasteiger partial charge on any atom is -0.495 e. The molecule has 0 spiro atoms. The fourth-order valence-corrected chi connectivity index (χ4v) is 5.19. The molecular formula is C31H37N5O4. The maximum atomic E-state index is 13.4. The Kier molecular flexibility index (Phi) is 8.71. The van der Waals surface area contributed by atoms with E-state index >= 15 is 0 Å². The second-order valence-electron chi connectivity index (χ2n) is 10.2. The SMILES string of the molecule is COc1ccccc1N1CCN(c2ccc(NC(=O)Nc3ccc(C)cc3)cc2C(=O)NCC2CCCO2)CC1. The zero-order chi connectivity index (χ0) is 27.9. The summed E-state index contributed by atoms with van der Waals surface area (Å²) in [5.74, 6) is 0.671. The van der Waals surface area contributed by atoms with Crippen molar-refractivity contribution in [3.05, 3.63) is 77.9 Å². The maximum Gasteiger partial charge on any atom is 0.323 e. The molecule has 1 unspecified atom stereocenters. The first-order valence-electron chi connectivity index (χ1n) is 13.8. The smallest absolute Gasteiger partial charge is 0.323 e. The van der Waals surface area contributed by atoms with Crippen LogP contribution in [-0.4, -0.2) is 64.5 Å². The first-order chi connectivity index (χ1) is 19.5. The van der Waals surface area contributed by atoms with E-state index in [1.54, 1.807) is 13.2 Å². The summed E-state index contributed by atoms with van der Waals surface area (Å²) in [5.41, 5.74) is 4.79. The number of hydrogen-bond acceptors (Lipinski definition) is 6. The predicted octanol–water partition coefficient (Wildman–Crippen LogP) is 4.88. The number of rotatable bonds is 8. The Morgan fingerprint density at radius 3 is 2.27 bits per heavy atom. The van der Waals surface area contributed by atoms with Crippen LogP contribution in [0, 0.1) is 6.92 Å². The highest BCUT2D eigenvalue weighted by Crippen LogP contribution is 2.31. The van der Waals surface area contributed by atoms with E-state index in [9.17, 15) is 9.59 Å². The molecule has 2 aliphatic heterocycles. The number of nitrogens with one attached hydrogen (secondary N) is 3. The van der Waals surface area contributed by atoms with Crippen molar-refractivity contribution < 1.29 is 19.1 Å². The summed E-state index contributed by atoms with van der Waals surface area (Å²) in [5, 5.41) is 8.77. The normalized spacial score (nSPS) is 16.9. The van der Waals surface area contributed by atoms with E-state index in [1.165, 1.54) is 0 Å². The van der Waals surface area contributed by atoms with Crippen LogP contribution in [0.2, 0.25) is 0 Å². The molecule has 0 radical (unpaired) electrons. The summed E-state index contributed by atoms with van der Waals surface area (Å²) < 4.78 is 11.3. The first kappa shape index (κ1) is 27.3. The highest BCUT2D eigenvalue weighted by atomic mass is 16.5. The second-order valence-corrected chi connectivity index (χ2v) is 10.2. The molecule has 0 saturated carbocycles. The van der Waals surface area contributed by atoms with Gasteiger partial charge in [0.25, 0.3) is 5.91 Å². The van der Waals surface area contributed by atoms with Gasteiger partial charge in [-0.15, -0.1) is 0 Å². The van der Waals surface area contributed by atoms with Crippen molar-refractivity contribution in [3.63, 3.8) is 0 Å². The molecule has 1 atom stereocenters. The number of methoxy groups -OCH3 is 1. The number of nitrogens with zero attached hydrogens (tertiary/aromatic N) is 2. The molecule has 0 aromatic heterocycles. The molecular weight excluding hydrogens is 506 g/mol. The molecule has 2 fully saturated rings. The van der Waals surface area contributed by atoms with Gasteiger partial charge in [0.2, 0.25) is 0 Å². The van der Waals surface area contributed by atoms with Crippen molar-refractivity contribution >= 4 is 34.7 Å². The van der Waals surface area contributed by atoms with E-state index < -0.39 is 0 Å². The van der Waals surface area contributed by atoms with Gasteiger partial charge >= 0.3 is 6.03 Å². The van der Waals surface area contributed by atoms with E-state index in [1.807, 2.05) is 61.5 Å². The number of benzene rings is 3. The lowest BCUT2D eigenvalue weighted by Crippen LogP contribution is -2.47. The molecule has 210 valence electrons. The van der Waals surface area contributed by atoms with Gasteiger partial charge in [-0.1, -0.05) is 29.8 Å². The van der Waals surface area contributed by atoms with Crippen molar-refractivity contribution in [3.8, 4) is 5.75 Å². The number of hydrogen-bond donors (Lipinski definition) is 3. The highest BCUT2D eigenvalue weighted by molar-refractivity contribution is 6.04. The molecule has 3 amide bonds. The molecule has 3 aromatic carbocycles. The Morgan fingerprint density at radius 2 is 1.57 bits per heavy atom. The highest BCUT2D eigenvalue weighted by Gasteiger charge is 2.25. The number of para-hydroxylation sites is 2. The number of amides is 3. The number of ether oxygens (including phenoxy) is 2. The number of carbonyl (C=O) groups excluding carboxylic acids is 2. The Morgan fingerprint density at radius 1 is 0.900 bits per heavy atom. The van der Waals surface area contributed by atoms with E-state index in [4.69, 9.17) is 9.47 Å². The van der Waals surface area contributed by atoms with Crippen molar-refractivity contribution in [2.45, 2.75) is 25.9 Å². The molecule has 2 saturated heterocycles. The van der Waals surface area contributed by atoms with Crippen LogP contribution in [0.3, 0.4) is 0 Å². The monoisotopic (exact) mass is 543 g/mol. The summed E-state index contributed by atoms with van der Waals surface area (Å²) in [6.45, 7) is 6.25. The van der Waals surface area contributed by atoms with Gasteiger partial charge in [-0.25, -0.2) is 4.79 Å². The minimum absolute atomic E-state index is 0.0402. The van der Waals surface area contributed by atoms with Crippen LogP contribution in [0.5, 0.6) is 5.75 Å².